The van der Waals surface area contributed by atoms with E-state index in [0.717, 1.165) is 50.9 Å². The number of ketones is 1. The van der Waals surface area contributed by atoms with Crippen LogP contribution in [0.4, 0.5) is 0 Å². The number of benzene rings is 1. The average Bonchev–Trinajstić information content (AvgIpc) is 2.52. The smallest absolute Gasteiger partial charge is 0.303 e. The van der Waals surface area contributed by atoms with E-state index in [1.807, 2.05) is 0 Å². The highest BCUT2D eigenvalue weighted by molar-refractivity contribution is 6.30. The number of Topliss-reactive ketones (excluding diaryl/α,β-unsaturated/α-hetero) is 1. The van der Waals surface area contributed by atoms with Crippen molar-refractivity contribution in [1.82, 2.24) is 4.90 Å². The fourth-order valence-electron chi connectivity index (χ4n) is 2.88. The standard InChI is InChI=1S/C17H22ClNO3.ClH/c18-15-6-4-13(5-7-15)17(22)14-8-11-19(12-9-14)10-2-1-3-16(20)21;/h4-7,14H,1-3,8-12H2,(H,20,21);1H. The summed E-state index contributed by atoms with van der Waals surface area (Å²) in [6, 6.07) is 7.10. The zero-order chi connectivity index (χ0) is 15.9. The molecule has 0 bridgehead atoms. The van der Waals surface area contributed by atoms with E-state index in [1.165, 1.54) is 0 Å². The summed E-state index contributed by atoms with van der Waals surface area (Å²) >= 11 is 5.85. The van der Waals surface area contributed by atoms with E-state index in [4.69, 9.17) is 16.7 Å². The first-order valence-electron chi connectivity index (χ1n) is 7.80. The fourth-order valence-corrected chi connectivity index (χ4v) is 3.01. The van der Waals surface area contributed by atoms with Gasteiger partial charge in [0, 0.05) is 22.9 Å². The van der Waals surface area contributed by atoms with Crippen molar-refractivity contribution in [1.29, 1.82) is 0 Å². The molecule has 1 aliphatic heterocycles. The highest BCUT2D eigenvalue weighted by atomic mass is 35.5. The van der Waals surface area contributed by atoms with Crippen molar-refractivity contribution in [2.24, 2.45) is 5.92 Å². The number of unbranched alkanes of at least 4 members (excludes halogenated alkanes) is 1. The number of carboxylic acid groups (broad SMARTS) is 1. The van der Waals surface area contributed by atoms with Crippen LogP contribution < -0.4 is 0 Å². The molecule has 128 valence electrons. The molecular weight excluding hydrogens is 337 g/mol. The van der Waals surface area contributed by atoms with Crippen LogP contribution >= 0.6 is 24.0 Å². The molecule has 1 aromatic carbocycles. The summed E-state index contributed by atoms with van der Waals surface area (Å²) in [7, 11) is 0. The third kappa shape index (κ3) is 6.50. The molecule has 1 aromatic rings. The topological polar surface area (TPSA) is 57.6 Å². The van der Waals surface area contributed by atoms with Crippen molar-refractivity contribution in [3.05, 3.63) is 34.9 Å². The molecule has 0 atom stereocenters. The molecule has 0 unspecified atom stereocenters. The van der Waals surface area contributed by atoms with E-state index >= 15 is 0 Å². The van der Waals surface area contributed by atoms with Crippen molar-refractivity contribution in [3.63, 3.8) is 0 Å². The number of nitrogens with zero attached hydrogens (tertiary/aromatic N) is 1. The van der Waals surface area contributed by atoms with Crippen LogP contribution in [0.25, 0.3) is 0 Å². The maximum absolute atomic E-state index is 12.4. The number of hydrogen-bond donors (Lipinski definition) is 1. The molecule has 1 saturated heterocycles. The molecule has 0 radical (unpaired) electrons. The van der Waals surface area contributed by atoms with Crippen LogP contribution in [0.2, 0.25) is 5.02 Å². The summed E-state index contributed by atoms with van der Waals surface area (Å²) in [6.07, 6.45) is 3.62. The molecule has 6 heteroatoms. The quantitative estimate of drug-likeness (QED) is 0.592. The van der Waals surface area contributed by atoms with Gasteiger partial charge < -0.3 is 10.0 Å². The minimum absolute atomic E-state index is 0. The number of carboxylic acids is 1. The van der Waals surface area contributed by atoms with Gasteiger partial charge in [-0.05, 0) is 69.6 Å². The maximum atomic E-state index is 12.4. The van der Waals surface area contributed by atoms with Gasteiger partial charge in [-0.2, -0.15) is 0 Å². The second-order valence-corrected chi connectivity index (χ2v) is 6.27. The SMILES string of the molecule is Cl.O=C(O)CCCCN1CCC(C(=O)c2ccc(Cl)cc2)CC1. The molecule has 23 heavy (non-hydrogen) atoms. The number of likely N-dealkylation sites (tertiary alicyclic amines) is 1. The van der Waals surface area contributed by atoms with Crippen LogP contribution in [0.15, 0.2) is 24.3 Å². The molecule has 1 heterocycles. The van der Waals surface area contributed by atoms with Gasteiger partial charge in [-0.3, -0.25) is 9.59 Å². The van der Waals surface area contributed by atoms with Gasteiger partial charge >= 0.3 is 5.97 Å². The highest BCUT2D eigenvalue weighted by Crippen LogP contribution is 2.23. The monoisotopic (exact) mass is 359 g/mol. The Hall–Kier alpha value is -1.10. The minimum atomic E-state index is -0.729. The lowest BCUT2D eigenvalue weighted by Gasteiger charge is -2.31. The lowest BCUT2D eigenvalue weighted by Crippen LogP contribution is -2.36. The summed E-state index contributed by atoms with van der Waals surface area (Å²) < 4.78 is 0. The Bertz CT molecular complexity index is 511. The van der Waals surface area contributed by atoms with E-state index in [0.29, 0.717) is 5.02 Å². The van der Waals surface area contributed by atoms with Crippen molar-refractivity contribution in [2.45, 2.75) is 32.1 Å². The van der Waals surface area contributed by atoms with Gasteiger partial charge in [0.2, 0.25) is 0 Å². The van der Waals surface area contributed by atoms with Crippen LogP contribution in [0.3, 0.4) is 0 Å². The van der Waals surface area contributed by atoms with Crippen molar-refractivity contribution in [2.75, 3.05) is 19.6 Å². The zero-order valence-corrected chi connectivity index (χ0v) is 14.6. The molecule has 1 N–H and O–H groups in total. The van der Waals surface area contributed by atoms with Crippen molar-refractivity contribution in [3.8, 4) is 0 Å². The number of aliphatic carboxylic acids is 1. The number of carbonyl (C=O) groups is 2. The molecular formula is C17H23Cl2NO3. The number of carbonyl (C=O) groups excluding carboxylic acids is 1. The summed E-state index contributed by atoms with van der Waals surface area (Å²) in [5.41, 5.74) is 0.740. The second kappa shape index (κ2) is 9.91. The summed E-state index contributed by atoms with van der Waals surface area (Å²) in [5.74, 6) is -0.425. The van der Waals surface area contributed by atoms with Gasteiger partial charge in [-0.25, -0.2) is 0 Å². The largest absolute Gasteiger partial charge is 0.481 e. The number of halogens is 2. The molecule has 4 nitrogen and oxygen atoms in total. The first-order valence-corrected chi connectivity index (χ1v) is 8.18. The van der Waals surface area contributed by atoms with Gasteiger partial charge in [0.15, 0.2) is 5.78 Å². The summed E-state index contributed by atoms with van der Waals surface area (Å²) in [5, 5.41) is 9.26. The maximum Gasteiger partial charge on any atom is 0.303 e. The van der Waals surface area contributed by atoms with Gasteiger partial charge in [-0.1, -0.05) is 11.6 Å². The van der Waals surface area contributed by atoms with Crippen molar-refractivity contribution >= 4 is 35.8 Å². The Morgan fingerprint density at radius 3 is 2.30 bits per heavy atom. The van der Waals surface area contributed by atoms with Crippen LogP contribution in [0, 0.1) is 5.92 Å². The normalized spacial score (nSPS) is 15.9. The zero-order valence-electron chi connectivity index (χ0n) is 13.0. The first-order chi connectivity index (χ1) is 10.6. The van der Waals surface area contributed by atoms with Gasteiger partial charge in [0.1, 0.15) is 0 Å². The van der Waals surface area contributed by atoms with Crippen LogP contribution in [0.1, 0.15) is 42.5 Å². The van der Waals surface area contributed by atoms with E-state index < -0.39 is 5.97 Å². The molecule has 1 fully saturated rings. The molecule has 0 amide bonds. The highest BCUT2D eigenvalue weighted by Gasteiger charge is 2.25. The van der Waals surface area contributed by atoms with Gasteiger partial charge in [0.25, 0.3) is 0 Å². The Morgan fingerprint density at radius 1 is 1.13 bits per heavy atom. The minimum Gasteiger partial charge on any atom is -0.481 e. The van der Waals surface area contributed by atoms with Crippen molar-refractivity contribution < 1.29 is 14.7 Å². The number of piperidine rings is 1. The Morgan fingerprint density at radius 2 is 1.74 bits per heavy atom. The molecule has 2 rings (SSSR count). The second-order valence-electron chi connectivity index (χ2n) is 5.84. The molecule has 0 saturated carbocycles. The number of rotatable bonds is 7. The molecule has 0 aromatic heterocycles. The van der Waals surface area contributed by atoms with Gasteiger partial charge in [-0.15, -0.1) is 12.4 Å². The summed E-state index contributed by atoms with van der Waals surface area (Å²) in [4.78, 5) is 25.2. The molecule has 0 spiro atoms. The lowest BCUT2D eigenvalue weighted by atomic mass is 9.89. The fraction of sp³-hybridized carbons (Fsp3) is 0.529. The Kier molecular flexibility index (Phi) is 8.59. The predicted molar refractivity (Wildman–Crippen MR) is 93.7 cm³/mol. The van der Waals surface area contributed by atoms with E-state index in [1.54, 1.807) is 24.3 Å². The lowest BCUT2D eigenvalue weighted by molar-refractivity contribution is -0.137. The third-order valence-corrected chi connectivity index (χ3v) is 4.45. The summed E-state index contributed by atoms with van der Waals surface area (Å²) in [6.45, 7) is 2.75. The average molecular weight is 360 g/mol. The van der Waals surface area contributed by atoms with Crippen LogP contribution in [-0.2, 0) is 4.79 Å². The van der Waals surface area contributed by atoms with Gasteiger partial charge in [0.05, 0.1) is 0 Å². The van der Waals surface area contributed by atoms with Crippen LogP contribution in [-0.4, -0.2) is 41.4 Å². The van der Waals surface area contributed by atoms with Crippen LogP contribution in [0.5, 0.6) is 0 Å². The Labute approximate surface area is 148 Å². The number of hydrogen-bond acceptors (Lipinski definition) is 3. The first kappa shape index (κ1) is 19.9. The van der Waals surface area contributed by atoms with E-state index in [9.17, 15) is 9.59 Å². The molecule has 1 aliphatic rings. The third-order valence-electron chi connectivity index (χ3n) is 4.20. The predicted octanol–water partition coefficient (Wildman–Crippen LogP) is 3.91. The Balaban J connectivity index is 0.00000264. The van der Waals surface area contributed by atoms with E-state index in [-0.39, 0.29) is 30.5 Å². The molecule has 0 aliphatic carbocycles. The van der Waals surface area contributed by atoms with E-state index in [2.05, 4.69) is 4.90 Å².